The van der Waals surface area contributed by atoms with Crippen molar-refractivity contribution in [2.75, 3.05) is 0 Å². The van der Waals surface area contributed by atoms with Gasteiger partial charge in [0.25, 0.3) is 0 Å². The Kier molecular flexibility index (Phi) is 3.36. The lowest BCUT2D eigenvalue weighted by atomic mass is 9.97. The minimum absolute atomic E-state index is 0.242. The van der Waals surface area contributed by atoms with Gasteiger partial charge in [0.2, 0.25) is 5.91 Å². The Bertz CT molecular complexity index is 886. The number of hydrogen-bond donors (Lipinski definition) is 0. The molecule has 2 saturated heterocycles. The molecule has 2 fully saturated rings. The molecule has 0 radical (unpaired) electrons. The van der Waals surface area contributed by atoms with E-state index in [1.165, 1.54) is 5.39 Å². The molecule has 0 spiro atoms. The standard InChI is InChI=1S/C19H21N5O/c25-19(13-22-9-7-14-3-1-2-4-18(14)22)24-15-5-6-16(24)12-17(11-15)23-10-8-20-21-23/h1-4,7-10,15-17H,5-6,11-13H2. The highest BCUT2D eigenvalue weighted by atomic mass is 16.2. The van der Waals surface area contributed by atoms with Gasteiger partial charge >= 0.3 is 0 Å². The summed E-state index contributed by atoms with van der Waals surface area (Å²) >= 11 is 0. The van der Waals surface area contributed by atoms with E-state index in [4.69, 9.17) is 0 Å². The van der Waals surface area contributed by atoms with E-state index in [2.05, 4.69) is 38.0 Å². The molecule has 2 bridgehead atoms. The number of piperidine rings is 1. The number of benzene rings is 1. The molecule has 0 N–H and O–H groups in total. The van der Waals surface area contributed by atoms with Crippen LogP contribution in [0.1, 0.15) is 31.7 Å². The zero-order valence-corrected chi connectivity index (χ0v) is 14.0. The summed E-state index contributed by atoms with van der Waals surface area (Å²) in [6.07, 6.45) is 9.87. The first-order valence-electron chi connectivity index (χ1n) is 9.00. The summed E-state index contributed by atoms with van der Waals surface area (Å²) in [5.41, 5.74) is 1.13. The molecule has 1 aromatic carbocycles. The van der Waals surface area contributed by atoms with Crippen molar-refractivity contribution in [1.82, 2.24) is 24.5 Å². The van der Waals surface area contributed by atoms with E-state index in [1.807, 2.05) is 29.2 Å². The molecule has 2 aromatic heterocycles. The molecule has 2 aliphatic rings. The van der Waals surface area contributed by atoms with Crippen molar-refractivity contribution in [3.63, 3.8) is 0 Å². The van der Waals surface area contributed by atoms with Crippen molar-refractivity contribution in [2.24, 2.45) is 0 Å². The molecular formula is C19H21N5O. The molecule has 2 unspecified atom stereocenters. The number of para-hydroxylation sites is 1. The lowest BCUT2D eigenvalue weighted by Crippen LogP contribution is -2.48. The number of rotatable bonds is 3. The summed E-state index contributed by atoms with van der Waals surface area (Å²) < 4.78 is 4.03. The van der Waals surface area contributed by atoms with Crippen LogP contribution in [0.5, 0.6) is 0 Å². The van der Waals surface area contributed by atoms with Gasteiger partial charge in [0.15, 0.2) is 0 Å². The van der Waals surface area contributed by atoms with Crippen LogP contribution >= 0.6 is 0 Å². The van der Waals surface area contributed by atoms with E-state index in [1.54, 1.807) is 6.20 Å². The molecule has 5 rings (SSSR count). The van der Waals surface area contributed by atoms with Crippen molar-refractivity contribution in [3.8, 4) is 0 Å². The van der Waals surface area contributed by atoms with Gasteiger partial charge in [0, 0.05) is 30.0 Å². The molecular weight excluding hydrogens is 314 g/mol. The normalized spacial score (nSPS) is 25.6. The number of amides is 1. The van der Waals surface area contributed by atoms with E-state index in [0.717, 1.165) is 31.2 Å². The van der Waals surface area contributed by atoms with Gasteiger partial charge in [-0.15, -0.1) is 5.10 Å². The zero-order chi connectivity index (χ0) is 16.8. The van der Waals surface area contributed by atoms with E-state index < -0.39 is 0 Å². The van der Waals surface area contributed by atoms with Crippen LogP contribution in [0.3, 0.4) is 0 Å². The lowest BCUT2D eigenvalue weighted by Gasteiger charge is -2.39. The fourth-order valence-electron chi connectivity index (χ4n) is 4.69. The van der Waals surface area contributed by atoms with Crippen LogP contribution in [0.15, 0.2) is 48.9 Å². The average Bonchev–Trinajstić information content (AvgIpc) is 3.34. The van der Waals surface area contributed by atoms with Crippen LogP contribution in [0.2, 0.25) is 0 Å². The fourth-order valence-corrected chi connectivity index (χ4v) is 4.69. The molecule has 6 heteroatoms. The van der Waals surface area contributed by atoms with Crippen molar-refractivity contribution < 1.29 is 4.79 Å². The second kappa shape index (κ2) is 5.72. The average molecular weight is 335 g/mol. The first-order chi connectivity index (χ1) is 12.3. The highest BCUT2D eigenvalue weighted by molar-refractivity contribution is 5.83. The second-order valence-corrected chi connectivity index (χ2v) is 7.20. The molecule has 1 amide bonds. The number of carbonyl (C=O) groups is 1. The van der Waals surface area contributed by atoms with Crippen LogP contribution in [-0.4, -0.2) is 42.5 Å². The maximum absolute atomic E-state index is 13.0. The van der Waals surface area contributed by atoms with E-state index in [9.17, 15) is 4.79 Å². The Morgan fingerprint density at radius 2 is 1.84 bits per heavy atom. The summed E-state index contributed by atoms with van der Waals surface area (Å²) in [6, 6.07) is 11.3. The number of fused-ring (bicyclic) bond motifs is 3. The van der Waals surface area contributed by atoms with Crippen molar-refractivity contribution in [3.05, 3.63) is 48.9 Å². The maximum Gasteiger partial charge on any atom is 0.243 e. The van der Waals surface area contributed by atoms with E-state index in [0.29, 0.717) is 24.7 Å². The number of aromatic nitrogens is 4. The van der Waals surface area contributed by atoms with Crippen LogP contribution < -0.4 is 0 Å². The summed E-state index contributed by atoms with van der Waals surface area (Å²) in [5, 5.41) is 9.27. The van der Waals surface area contributed by atoms with Gasteiger partial charge in [-0.3, -0.25) is 4.79 Å². The van der Waals surface area contributed by atoms with Gasteiger partial charge in [-0.2, -0.15) is 0 Å². The number of carbonyl (C=O) groups excluding carboxylic acids is 1. The first-order valence-corrected chi connectivity index (χ1v) is 9.00. The monoisotopic (exact) mass is 335 g/mol. The van der Waals surface area contributed by atoms with Gasteiger partial charge < -0.3 is 9.47 Å². The smallest absolute Gasteiger partial charge is 0.243 e. The number of nitrogens with zero attached hydrogens (tertiary/aromatic N) is 5. The molecule has 0 aliphatic carbocycles. The number of hydrogen-bond acceptors (Lipinski definition) is 3. The minimum Gasteiger partial charge on any atom is -0.338 e. The van der Waals surface area contributed by atoms with Crippen LogP contribution in [-0.2, 0) is 11.3 Å². The summed E-state index contributed by atoms with van der Waals surface area (Å²) in [5.74, 6) is 0.242. The molecule has 4 heterocycles. The fraction of sp³-hybridized carbons (Fsp3) is 0.421. The van der Waals surface area contributed by atoms with E-state index >= 15 is 0 Å². The first kappa shape index (κ1) is 14.7. The van der Waals surface area contributed by atoms with Gasteiger partial charge in [0.05, 0.1) is 12.2 Å². The van der Waals surface area contributed by atoms with Crippen LogP contribution in [0.4, 0.5) is 0 Å². The Labute approximate surface area is 146 Å². The van der Waals surface area contributed by atoms with Gasteiger partial charge in [-0.05, 0) is 43.2 Å². The summed E-state index contributed by atoms with van der Waals surface area (Å²) in [4.78, 5) is 15.2. The molecule has 0 saturated carbocycles. The molecule has 3 aromatic rings. The Morgan fingerprint density at radius 3 is 2.60 bits per heavy atom. The molecule has 6 nitrogen and oxygen atoms in total. The molecule has 2 aliphatic heterocycles. The van der Waals surface area contributed by atoms with E-state index in [-0.39, 0.29) is 5.91 Å². The Balaban J connectivity index is 1.35. The van der Waals surface area contributed by atoms with Crippen LogP contribution in [0.25, 0.3) is 10.9 Å². The lowest BCUT2D eigenvalue weighted by molar-refractivity contribution is -0.136. The topological polar surface area (TPSA) is 56.0 Å². The third kappa shape index (κ3) is 2.44. The Morgan fingerprint density at radius 1 is 1.04 bits per heavy atom. The van der Waals surface area contributed by atoms with Crippen molar-refractivity contribution >= 4 is 16.8 Å². The second-order valence-electron chi connectivity index (χ2n) is 7.20. The minimum atomic E-state index is 0.242. The Hall–Kier alpha value is -2.63. The quantitative estimate of drug-likeness (QED) is 0.739. The maximum atomic E-state index is 13.0. The largest absolute Gasteiger partial charge is 0.338 e. The highest BCUT2D eigenvalue weighted by Crippen LogP contribution is 2.40. The predicted molar refractivity (Wildman–Crippen MR) is 93.9 cm³/mol. The van der Waals surface area contributed by atoms with Crippen molar-refractivity contribution in [2.45, 2.75) is 50.4 Å². The third-order valence-corrected chi connectivity index (χ3v) is 5.80. The third-order valence-electron chi connectivity index (χ3n) is 5.80. The van der Waals surface area contributed by atoms with Gasteiger partial charge in [0.1, 0.15) is 6.54 Å². The summed E-state index contributed by atoms with van der Waals surface area (Å²) in [6.45, 7) is 0.425. The van der Waals surface area contributed by atoms with Crippen LogP contribution in [0, 0.1) is 0 Å². The predicted octanol–water partition coefficient (Wildman–Crippen LogP) is 2.63. The summed E-state index contributed by atoms with van der Waals surface area (Å²) in [7, 11) is 0. The molecule has 128 valence electrons. The van der Waals surface area contributed by atoms with Gasteiger partial charge in [-0.25, -0.2) is 4.68 Å². The van der Waals surface area contributed by atoms with Crippen molar-refractivity contribution in [1.29, 1.82) is 0 Å². The molecule has 2 atom stereocenters. The zero-order valence-electron chi connectivity index (χ0n) is 14.0. The highest BCUT2D eigenvalue weighted by Gasteiger charge is 2.43. The van der Waals surface area contributed by atoms with Gasteiger partial charge in [-0.1, -0.05) is 23.4 Å². The SMILES string of the molecule is O=C(Cn1ccc2ccccc21)N1C2CCC1CC(n1ccnn1)C2. The molecule has 25 heavy (non-hydrogen) atoms.